The summed E-state index contributed by atoms with van der Waals surface area (Å²) in [4.78, 5) is 14.5. The van der Waals surface area contributed by atoms with Crippen LogP contribution in [0.5, 0.6) is 0 Å². The van der Waals surface area contributed by atoms with Crippen LogP contribution in [0.4, 0.5) is 0 Å². The highest BCUT2D eigenvalue weighted by Crippen LogP contribution is 2.20. The number of hydrogen-bond donors (Lipinski definition) is 1. The number of carbonyl (C=O) groups is 1. The van der Waals surface area contributed by atoms with E-state index in [0.717, 1.165) is 10.8 Å². The van der Waals surface area contributed by atoms with Crippen LogP contribution in [0.1, 0.15) is 0 Å². The largest absolute Gasteiger partial charge is 0.480 e. The average Bonchev–Trinajstić information content (AvgIpc) is 2.37. The van der Waals surface area contributed by atoms with Crippen LogP contribution >= 0.6 is 23.5 Å². The number of carboxylic acids is 1. The van der Waals surface area contributed by atoms with Crippen molar-refractivity contribution in [3.8, 4) is 0 Å². The highest BCUT2D eigenvalue weighted by Gasteiger charge is 2.23. The van der Waals surface area contributed by atoms with Crippen LogP contribution in [0.3, 0.4) is 0 Å². The second kappa shape index (κ2) is 4.01. The van der Waals surface area contributed by atoms with Crippen molar-refractivity contribution in [2.75, 3.05) is 17.8 Å². The lowest BCUT2D eigenvalue weighted by atomic mass is 10.4. The SMILES string of the molecule is CSCC1=NC(C(=O)O)CS1. The first-order chi connectivity index (χ1) is 5.24. The van der Waals surface area contributed by atoms with Gasteiger partial charge in [0.05, 0.1) is 5.04 Å². The second-order valence-electron chi connectivity index (χ2n) is 2.12. The summed E-state index contributed by atoms with van der Waals surface area (Å²) in [5.41, 5.74) is 0. The molecule has 0 aromatic heterocycles. The van der Waals surface area contributed by atoms with Gasteiger partial charge in [-0.15, -0.1) is 11.8 Å². The van der Waals surface area contributed by atoms with E-state index in [2.05, 4.69) is 4.99 Å². The fourth-order valence-electron chi connectivity index (χ4n) is 0.752. The molecular weight excluding hydrogens is 182 g/mol. The van der Waals surface area contributed by atoms with E-state index in [0.29, 0.717) is 5.75 Å². The fraction of sp³-hybridized carbons (Fsp3) is 0.667. The van der Waals surface area contributed by atoms with E-state index in [1.807, 2.05) is 6.26 Å². The van der Waals surface area contributed by atoms with Gasteiger partial charge in [0, 0.05) is 11.5 Å². The molecule has 3 nitrogen and oxygen atoms in total. The molecule has 0 spiro atoms. The topological polar surface area (TPSA) is 49.7 Å². The van der Waals surface area contributed by atoms with E-state index in [-0.39, 0.29) is 0 Å². The molecule has 0 radical (unpaired) electrons. The number of thioether (sulfide) groups is 2. The number of aliphatic carboxylic acids is 1. The van der Waals surface area contributed by atoms with Crippen LogP contribution in [-0.2, 0) is 4.79 Å². The lowest BCUT2D eigenvalue weighted by Gasteiger charge is -1.94. The van der Waals surface area contributed by atoms with Gasteiger partial charge in [0.1, 0.15) is 0 Å². The standard InChI is InChI=1S/C6H9NO2S2/c1-10-3-5-7-4(2-11-5)6(8)9/h4H,2-3H2,1H3,(H,8,9). The van der Waals surface area contributed by atoms with Crippen molar-refractivity contribution in [3.63, 3.8) is 0 Å². The smallest absolute Gasteiger partial charge is 0.329 e. The highest BCUT2D eigenvalue weighted by atomic mass is 32.2. The molecule has 1 N–H and O–H groups in total. The lowest BCUT2D eigenvalue weighted by molar-refractivity contribution is -0.137. The first-order valence-electron chi connectivity index (χ1n) is 3.15. The van der Waals surface area contributed by atoms with E-state index in [4.69, 9.17) is 5.11 Å². The van der Waals surface area contributed by atoms with E-state index < -0.39 is 12.0 Å². The summed E-state index contributed by atoms with van der Waals surface area (Å²) in [7, 11) is 0. The van der Waals surface area contributed by atoms with Crippen molar-refractivity contribution >= 4 is 34.5 Å². The minimum atomic E-state index is -0.811. The first-order valence-corrected chi connectivity index (χ1v) is 5.53. The van der Waals surface area contributed by atoms with Gasteiger partial charge in [0.25, 0.3) is 0 Å². The molecule has 1 aliphatic rings. The molecule has 0 fully saturated rings. The van der Waals surface area contributed by atoms with Gasteiger partial charge < -0.3 is 5.11 Å². The molecule has 1 unspecified atom stereocenters. The van der Waals surface area contributed by atoms with Crippen molar-refractivity contribution in [2.45, 2.75) is 6.04 Å². The molecule has 62 valence electrons. The maximum absolute atomic E-state index is 10.4. The summed E-state index contributed by atoms with van der Waals surface area (Å²) in [6.07, 6.45) is 1.98. The summed E-state index contributed by atoms with van der Waals surface area (Å²) in [6, 6.07) is -0.498. The van der Waals surface area contributed by atoms with Gasteiger partial charge >= 0.3 is 5.97 Å². The van der Waals surface area contributed by atoms with E-state index in [1.54, 1.807) is 23.5 Å². The molecule has 0 bridgehead atoms. The third-order valence-corrected chi connectivity index (χ3v) is 3.07. The van der Waals surface area contributed by atoms with Crippen LogP contribution in [0.25, 0.3) is 0 Å². The lowest BCUT2D eigenvalue weighted by Crippen LogP contribution is -2.17. The van der Waals surface area contributed by atoms with Gasteiger partial charge in [-0.25, -0.2) is 4.79 Å². The second-order valence-corrected chi connectivity index (χ2v) is 4.08. The molecular formula is C6H9NO2S2. The van der Waals surface area contributed by atoms with Gasteiger partial charge in [-0.3, -0.25) is 4.99 Å². The Morgan fingerprint density at radius 1 is 2.00 bits per heavy atom. The maximum atomic E-state index is 10.4. The van der Waals surface area contributed by atoms with Crippen LogP contribution < -0.4 is 0 Å². The van der Waals surface area contributed by atoms with Gasteiger partial charge in [-0.2, -0.15) is 11.8 Å². The number of aliphatic imine (C=N–C) groups is 1. The summed E-state index contributed by atoms with van der Waals surface area (Å²) in [5, 5.41) is 9.53. The van der Waals surface area contributed by atoms with Crippen LogP contribution in [-0.4, -0.2) is 39.9 Å². The molecule has 0 saturated heterocycles. The quantitative estimate of drug-likeness (QED) is 0.721. The molecule has 1 atom stereocenters. The monoisotopic (exact) mass is 191 g/mol. The molecule has 5 heteroatoms. The van der Waals surface area contributed by atoms with Gasteiger partial charge in [0.15, 0.2) is 6.04 Å². The number of nitrogens with zero attached hydrogens (tertiary/aromatic N) is 1. The van der Waals surface area contributed by atoms with Crippen LogP contribution in [0.2, 0.25) is 0 Å². The molecule has 1 aliphatic heterocycles. The third-order valence-electron chi connectivity index (χ3n) is 1.26. The van der Waals surface area contributed by atoms with E-state index in [1.165, 1.54) is 0 Å². The molecule has 0 aromatic carbocycles. The molecule has 0 amide bonds. The normalized spacial score (nSPS) is 23.4. The number of hydrogen-bond acceptors (Lipinski definition) is 4. The predicted molar refractivity (Wildman–Crippen MR) is 49.7 cm³/mol. The van der Waals surface area contributed by atoms with Gasteiger partial charge in [-0.1, -0.05) is 0 Å². The minimum absolute atomic E-state index is 0.498. The molecule has 11 heavy (non-hydrogen) atoms. The van der Waals surface area contributed by atoms with Crippen LogP contribution in [0, 0.1) is 0 Å². The summed E-state index contributed by atoms with van der Waals surface area (Å²) < 4.78 is 0. The molecule has 0 saturated carbocycles. The Bertz CT molecular complexity index is 193. The molecule has 1 rings (SSSR count). The van der Waals surface area contributed by atoms with E-state index in [9.17, 15) is 4.79 Å². The van der Waals surface area contributed by atoms with Crippen molar-refractivity contribution in [1.29, 1.82) is 0 Å². The zero-order valence-electron chi connectivity index (χ0n) is 6.11. The zero-order chi connectivity index (χ0) is 8.27. The fourth-order valence-corrected chi connectivity index (χ4v) is 2.53. The Morgan fingerprint density at radius 3 is 3.18 bits per heavy atom. The Morgan fingerprint density at radius 2 is 2.73 bits per heavy atom. The minimum Gasteiger partial charge on any atom is -0.480 e. The summed E-state index contributed by atoms with van der Waals surface area (Å²) in [5.74, 6) is 0.633. The van der Waals surface area contributed by atoms with Crippen molar-refractivity contribution in [2.24, 2.45) is 4.99 Å². The van der Waals surface area contributed by atoms with E-state index >= 15 is 0 Å². The maximum Gasteiger partial charge on any atom is 0.329 e. The van der Waals surface area contributed by atoms with Gasteiger partial charge in [-0.05, 0) is 6.26 Å². The predicted octanol–water partition coefficient (Wildman–Crippen LogP) is 0.948. The summed E-state index contributed by atoms with van der Waals surface area (Å²) >= 11 is 3.22. The zero-order valence-corrected chi connectivity index (χ0v) is 7.74. The molecule has 0 aliphatic carbocycles. The van der Waals surface area contributed by atoms with Gasteiger partial charge in [0.2, 0.25) is 0 Å². The van der Waals surface area contributed by atoms with Crippen molar-refractivity contribution in [3.05, 3.63) is 0 Å². The first kappa shape index (κ1) is 8.93. The third kappa shape index (κ3) is 2.41. The molecule has 1 heterocycles. The van der Waals surface area contributed by atoms with Crippen molar-refractivity contribution < 1.29 is 9.90 Å². The summed E-state index contributed by atoms with van der Waals surface area (Å²) in [6.45, 7) is 0. The molecule has 0 aromatic rings. The Kier molecular flexibility index (Phi) is 3.26. The number of carboxylic acid groups (broad SMARTS) is 1. The number of rotatable bonds is 3. The highest BCUT2D eigenvalue weighted by molar-refractivity contribution is 8.16. The Balaban J connectivity index is 2.47. The van der Waals surface area contributed by atoms with Crippen LogP contribution in [0.15, 0.2) is 4.99 Å². The van der Waals surface area contributed by atoms with Crippen molar-refractivity contribution in [1.82, 2.24) is 0 Å². The Hall–Kier alpha value is -0.160. The average molecular weight is 191 g/mol. The Labute approximate surface area is 73.7 Å².